The molecule has 0 aromatic heterocycles. The van der Waals surface area contributed by atoms with Gasteiger partial charge in [0, 0.05) is 13.3 Å². The normalized spacial score (nSPS) is 17.1. The van der Waals surface area contributed by atoms with E-state index in [1.807, 2.05) is 12.1 Å². The van der Waals surface area contributed by atoms with Crippen LogP contribution in [0.5, 0.6) is 5.75 Å². The molecule has 1 unspecified atom stereocenters. The predicted octanol–water partition coefficient (Wildman–Crippen LogP) is 2.49. The summed E-state index contributed by atoms with van der Waals surface area (Å²) >= 11 is 0. The van der Waals surface area contributed by atoms with Gasteiger partial charge in [0.15, 0.2) is 0 Å². The highest BCUT2D eigenvalue weighted by atomic mass is 16.5. The Hall–Kier alpha value is -1.51. The van der Waals surface area contributed by atoms with Crippen LogP contribution in [0.2, 0.25) is 0 Å². The Morgan fingerprint density at radius 3 is 2.67 bits per heavy atom. The number of carbonyl (C=O) groups is 1. The van der Waals surface area contributed by atoms with Crippen LogP contribution in [-0.4, -0.2) is 17.2 Å². The van der Waals surface area contributed by atoms with Gasteiger partial charge in [-0.1, -0.05) is 25.1 Å². The number of hydrogen-bond acceptors (Lipinski definition) is 2. The fourth-order valence-electron chi connectivity index (χ4n) is 1.48. The molecule has 1 N–H and O–H groups in total. The molecule has 82 valence electrons. The molecule has 1 aromatic rings. The number of rotatable bonds is 1. The van der Waals surface area contributed by atoms with Gasteiger partial charge in [-0.2, -0.15) is 0 Å². The molecule has 0 spiro atoms. The van der Waals surface area contributed by atoms with E-state index in [-0.39, 0.29) is 0 Å². The molecular formula is C12H16O3. The lowest BCUT2D eigenvalue weighted by atomic mass is 10.1. The third-order valence-corrected chi connectivity index (χ3v) is 2.17. The number of fused-ring (bicyclic) bond motifs is 1. The maximum absolute atomic E-state index is 9.00. The van der Waals surface area contributed by atoms with Crippen LogP contribution in [0.15, 0.2) is 24.3 Å². The van der Waals surface area contributed by atoms with Crippen molar-refractivity contribution in [2.75, 3.05) is 0 Å². The van der Waals surface area contributed by atoms with Gasteiger partial charge in [0.25, 0.3) is 5.97 Å². The van der Waals surface area contributed by atoms with Gasteiger partial charge in [-0.25, -0.2) is 0 Å². The number of carboxylic acid groups (broad SMARTS) is 1. The summed E-state index contributed by atoms with van der Waals surface area (Å²) in [7, 11) is 0. The smallest absolute Gasteiger partial charge is 0.300 e. The molecule has 3 nitrogen and oxygen atoms in total. The fraction of sp³-hybridized carbons (Fsp3) is 0.417. The minimum Gasteiger partial charge on any atom is -0.490 e. The Labute approximate surface area is 89.7 Å². The summed E-state index contributed by atoms with van der Waals surface area (Å²) < 4.78 is 5.66. The van der Waals surface area contributed by atoms with Gasteiger partial charge in [-0.3, -0.25) is 4.79 Å². The molecule has 0 saturated carbocycles. The molecule has 3 heteroatoms. The van der Waals surface area contributed by atoms with Crippen molar-refractivity contribution in [3.05, 3.63) is 29.8 Å². The van der Waals surface area contributed by atoms with E-state index in [0.29, 0.717) is 6.10 Å². The van der Waals surface area contributed by atoms with Crippen LogP contribution >= 0.6 is 0 Å². The first kappa shape index (κ1) is 11.6. The van der Waals surface area contributed by atoms with Crippen LogP contribution in [0.25, 0.3) is 0 Å². The highest BCUT2D eigenvalue weighted by Gasteiger charge is 2.19. The van der Waals surface area contributed by atoms with E-state index >= 15 is 0 Å². The number of hydrogen-bond donors (Lipinski definition) is 1. The Balaban J connectivity index is 0.000000245. The molecule has 1 heterocycles. The van der Waals surface area contributed by atoms with Crippen LogP contribution in [0.3, 0.4) is 0 Å². The number of para-hydroxylation sites is 1. The minimum atomic E-state index is -0.833. The van der Waals surface area contributed by atoms with Crippen molar-refractivity contribution in [1.82, 2.24) is 0 Å². The predicted molar refractivity (Wildman–Crippen MR) is 58.2 cm³/mol. The molecule has 0 bridgehead atoms. The van der Waals surface area contributed by atoms with Crippen LogP contribution in [0.1, 0.15) is 25.8 Å². The van der Waals surface area contributed by atoms with Crippen molar-refractivity contribution in [3.63, 3.8) is 0 Å². The van der Waals surface area contributed by atoms with Crippen molar-refractivity contribution in [2.24, 2.45) is 0 Å². The van der Waals surface area contributed by atoms with E-state index in [1.54, 1.807) is 0 Å². The molecule has 0 radical (unpaired) electrons. The monoisotopic (exact) mass is 208 g/mol. The molecule has 15 heavy (non-hydrogen) atoms. The van der Waals surface area contributed by atoms with Crippen molar-refractivity contribution < 1.29 is 14.6 Å². The minimum absolute atomic E-state index is 0.424. The molecule has 1 aromatic carbocycles. The van der Waals surface area contributed by atoms with Crippen molar-refractivity contribution in [1.29, 1.82) is 0 Å². The first-order chi connectivity index (χ1) is 7.13. The third kappa shape index (κ3) is 3.62. The zero-order chi connectivity index (χ0) is 11.3. The molecule has 0 fully saturated rings. The van der Waals surface area contributed by atoms with E-state index in [2.05, 4.69) is 19.1 Å². The maximum atomic E-state index is 9.00. The molecule has 1 aliphatic heterocycles. The molecule has 0 amide bonds. The highest BCUT2D eigenvalue weighted by Crippen LogP contribution is 2.28. The standard InChI is InChI=1S/C10H12O.C2H4O2/c1-2-9-7-8-5-3-4-6-10(8)11-9;1-2(3)4/h3-6,9H,2,7H2,1H3;1H3,(H,3,4). The number of benzene rings is 1. The Morgan fingerprint density at radius 1 is 1.53 bits per heavy atom. The van der Waals surface area contributed by atoms with E-state index in [4.69, 9.17) is 14.6 Å². The maximum Gasteiger partial charge on any atom is 0.300 e. The van der Waals surface area contributed by atoms with Gasteiger partial charge in [0.05, 0.1) is 0 Å². The van der Waals surface area contributed by atoms with Crippen LogP contribution < -0.4 is 4.74 Å². The molecule has 0 aliphatic carbocycles. The quantitative estimate of drug-likeness (QED) is 0.771. The molecule has 1 atom stereocenters. The van der Waals surface area contributed by atoms with E-state index in [1.165, 1.54) is 5.56 Å². The summed E-state index contributed by atoms with van der Waals surface area (Å²) in [5.74, 6) is 0.249. The van der Waals surface area contributed by atoms with Crippen LogP contribution in [0.4, 0.5) is 0 Å². The summed E-state index contributed by atoms with van der Waals surface area (Å²) in [6, 6.07) is 8.28. The number of ether oxygens (including phenoxy) is 1. The SMILES string of the molecule is CC(=O)O.CCC1Cc2ccccc2O1. The van der Waals surface area contributed by atoms with Gasteiger partial charge in [0.1, 0.15) is 11.9 Å². The highest BCUT2D eigenvalue weighted by molar-refractivity contribution is 5.62. The molecule has 1 aliphatic rings. The second-order valence-electron chi connectivity index (χ2n) is 3.48. The fourth-order valence-corrected chi connectivity index (χ4v) is 1.48. The lowest BCUT2D eigenvalue weighted by Gasteiger charge is -2.05. The zero-order valence-corrected chi connectivity index (χ0v) is 9.06. The van der Waals surface area contributed by atoms with Crippen LogP contribution in [-0.2, 0) is 11.2 Å². The summed E-state index contributed by atoms with van der Waals surface area (Å²) in [5, 5.41) is 7.42. The van der Waals surface area contributed by atoms with Crippen molar-refractivity contribution in [3.8, 4) is 5.75 Å². The third-order valence-electron chi connectivity index (χ3n) is 2.17. The average Bonchev–Trinajstić information content (AvgIpc) is 2.59. The lowest BCUT2D eigenvalue weighted by Crippen LogP contribution is -2.10. The van der Waals surface area contributed by atoms with Crippen LogP contribution in [0, 0.1) is 0 Å². The number of aliphatic carboxylic acids is 1. The van der Waals surface area contributed by atoms with Crippen molar-refractivity contribution in [2.45, 2.75) is 32.8 Å². The first-order valence-corrected chi connectivity index (χ1v) is 5.07. The van der Waals surface area contributed by atoms with Gasteiger partial charge in [-0.05, 0) is 18.1 Å². The van der Waals surface area contributed by atoms with Gasteiger partial charge >= 0.3 is 0 Å². The molecule has 0 saturated heterocycles. The molecular weight excluding hydrogens is 192 g/mol. The lowest BCUT2D eigenvalue weighted by molar-refractivity contribution is -0.134. The topological polar surface area (TPSA) is 46.5 Å². The van der Waals surface area contributed by atoms with E-state index in [0.717, 1.165) is 25.5 Å². The zero-order valence-electron chi connectivity index (χ0n) is 9.06. The number of carboxylic acids is 1. The summed E-state index contributed by atoms with van der Waals surface area (Å²) in [5.41, 5.74) is 1.36. The van der Waals surface area contributed by atoms with E-state index in [9.17, 15) is 0 Å². The van der Waals surface area contributed by atoms with Gasteiger partial charge in [0.2, 0.25) is 0 Å². The average molecular weight is 208 g/mol. The van der Waals surface area contributed by atoms with Gasteiger partial charge in [-0.15, -0.1) is 0 Å². The first-order valence-electron chi connectivity index (χ1n) is 5.07. The van der Waals surface area contributed by atoms with Gasteiger partial charge < -0.3 is 9.84 Å². The molecule has 2 rings (SSSR count). The Bertz CT molecular complexity index is 304. The largest absolute Gasteiger partial charge is 0.490 e. The Kier molecular flexibility index (Phi) is 4.16. The summed E-state index contributed by atoms with van der Waals surface area (Å²) in [4.78, 5) is 9.00. The summed E-state index contributed by atoms with van der Waals surface area (Å²) in [6.45, 7) is 3.25. The Morgan fingerprint density at radius 2 is 2.13 bits per heavy atom. The second-order valence-corrected chi connectivity index (χ2v) is 3.48. The summed E-state index contributed by atoms with van der Waals surface area (Å²) in [6.07, 6.45) is 2.62. The van der Waals surface area contributed by atoms with Crippen molar-refractivity contribution >= 4 is 5.97 Å². The van der Waals surface area contributed by atoms with E-state index < -0.39 is 5.97 Å². The second kappa shape index (κ2) is 5.39.